The van der Waals surface area contributed by atoms with Crippen molar-refractivity contribution in [1.29, 1.82) is 0 Å². The molecule has 0 aromatic rings. The maximum Gasteiger partial charge on any atom is 0.361 e. The summed E-state index contributed by atoms with van der Waals surface area (Å²) in [5.74, 6) is -1.12. The fraction of sp³-hybridized carbons (Fsp3) is 0.833. The van der Waals surface area contributed by atoms with Crippen LogP contribution in [0, 0.1) is 0 Å². The third kappa shape index (κ3) is 9.31. The summed E-state index contributed by atoms with van der Waals surface area (Å²) in [4.78, 5) is 9.91. The zero-order valence-electron chi connectivity index (χ0n) is 7.06. The van der Waals surface area contributed by atoms with Crippen LogP contribution < -0.4 is 0 Å². The normalized spacial score (nSPS) is 9.08. The van der Waals surface area contributed by atoms with E-state index in [4.69, 9.17) is 15.3 Å². The summed E-state index contributed by atoms with van der Waals surface area (Å²) in [6.45, 7) is -0.250. The fourth-order valence-electron chi connectivity index (χ4n) is 0.298. The number of carboxylic acids is 1. The Bertz CT molecular complexity index is 98.2. The minimum absolute atomic E-state index is 0.125. The molecule has 0 rings (SSSR count). The van der Waals surface area contributed by atoms with Crippen LogP contribution in [0.5, 0.6) is 0 Å². The summed E-state index contributed by atoms with van der Waals surface area (Å²) in [7, 11) is 2.53. The van der Waals surface area contributed by atoms with E-state index in [2.05, 4.69) is 9.47 Å². The highest BCUT2D eigenvalue weighted by molar-refractivity contribution is 5.70. The highest BCUT2D eigenvalue weighted by Gasteiger charge is 2.12. The first kappa shape index (κ1) is 13.9. The number of ether oxygens (including phenoxy) is 2. The molecule has 0 aliphatic heterocycles. The molecule has 3 N–H and O–H groups in total. The molecule has 0 atom stereocenters. The molecule has 0 aromatic carbocycles. The molecule has 6 nitrogen and oxygen atoms in total. The standard InChI is InChI=1S/C4H8O4.C2H6O2/c1-7-4(8-2)3(5)6;3-1-2-4/h4H,1-2H3,(H,5,6);3-4H,1-2H2. The second kappa shape index (κ2) is 10.3. The lowest BCUT2D eigenvalue weighted by Crippen LogP contribution is -2.23. The largest absolute Gasteiger partial charge is 0.477 e. The van der Waals surface area contributed by atoms with Crippen LogP contribution in [-0.4, -0.2) is 55.0 Å². The van der Waals surface area contributed by atoms with Crippen molar-refractivity contribution in [3.05, 3.63) is 0 Å². The van der Waals surface area contributed by atoms with Gasteiger partial charge in [0.05, 0.1) is 13.2 Å². The first-order chi connectivity index (χ1) is 5.63. The number of hydrogen-bond acceptors (Lipinski definition) is 5. The smallest absolute Gasteiger partial charge is 0.361 e. The monoisotopic (exact) mass is 182 g/mol. The summed E-state index contributed by atoms with van der Waals surface area (Å²) in [5.41, 5.74) is 0. The second-order valence-electron chi connectivity index (χ2n) is 1.59. The van der Waals surface area contributed by atoms with Crippen molar-refractivity contribution in [2.24, 2.45) is 0 Å². The number of hydrogen-bond donors (Lipinski definition) is 3. The predicted octanol–water partition coefficient (Wildman–Crippen LogP) is -1.34. The average Bonchev–Trinajstić information content (AvgIpc) is 2.07. The molecule has 0 heterocycles. The van der Waals surface area contributed by atoms with E-state index >= 15 is 0 Å². The molecule has 0 aliphatic rings. The van der Waals surface area contributed by atoms with E-state index in [1.54, 1.807) is 0 Å². The van der Waals surface area contributed by atoms with Gasteiger partial charge in [-0.2, -0.15) is 0 Å². The van der Waals surface area contributed by atoms with E-state index < -0.39 is 12.3 Å². The van der Waals surface area contributed by atoms with E-state index in [-0.39, 0.29) is 13.2 Å². The number of methoxy groups -OCH3 is 2. The van der Waals surface area contributed by atoms with Gasteiger partial charge in [-0.15, -0.1) is 0 Å². The lowest BCUT2D eigenvalue weighted by atomic mass is 10.7. The van der Waals surface area contributed by atoms with E-state index in [1.807, 2.05) is 0 Å². The van der Waals surface area contributed by atoms with E-state index in [0.717, 1.165) is 0 Å². The molecule has 0 unspecified atom stereocenters. The van der Waals surface area contributed by atoms with Gasteiger partial charge in [0.1, 0.15) is 0 Å². The van der Waals surface area contributed by atoms with Crippen molar-refractivity contribution < 1.29 is 29.6 Å². The van der Waals surface area contributed by atoms with Gasteiger partial charge in [0.25, 0.3) is 6.29 Å². The molecule has 74 valence electrons. The first-order valence-corrected chi connectivity index (χ1v) is 3.14. The Labute approximate surface area is 70.3 Å². The van der Waals surface area contributed by atoms with E-state index in [0.29, 0.717) is 0 Å². The second-order valence-corrected chi connectivity index (χ2v) is 1.59. The lowest BCUT2D eigenvalue weighted by molar-refractivity contribution is -0.177. The predicted molar refractivity (Wildman–Crippen MR) is 39.6 cm³/mol. The summed E-state index contributed by atoms with van der Waals surface area (Å²) < 4.78 is 8.68. The van der Waals surface area contributed by atoms with Crippen LogP contribution in [0.1, 0.15) is 0 Å². The van der Waals surface area contributed by atoms with Gasteiger partial charge in [0.15, 0.2) is 0 Å². The molecule has 6 heteroatoms. The van der Waals surface area contributed by atoms with Gasteiger partial charge in [-0.05, 0) is 0 Å². The number of carboxylic acid groups (broad SMARTS) is 1. The summed E-state index contributed by atoms with van der Waals surface area (Å²) in [5, 5.41) is 23.4. The quantitative estimate of drug-likeness (QED) is 0.466. The Balaban J connectivity index is 0. The maximum atomic E-state index is 9.91. The number of aliphatic carboxylic acids is 1. The van der Waals surface area contributed by atoms with Crippen LogP contribution in [0.3, 0.4) is 0 Å². The number of carbonyl (C=O) groups is 1. The number of rotatable bonds is 4. The van der Waals surface area contributed by atoms with Gasteiger partial charge in [-0.1, -0.05) is 0 Å². The van der Waals surface area contributed by atoms with Gasteiger partial charge in [-0.25, -0.2) is 4.79 Å². The molecular formula is C6H14O6. The molecule has 0 radical (unpaired) electrons. The summed E-state index contributed by atoms with van der Waals surface area (Å²) in [6, 6.07) is 0. The number of aliphatic hydroxyl groups is 2. The van der Waals surface area contributed by atoms with Gasteiger partial charge in [0, 0.05) is 14.2 Å². The van der Waals surface area contributed by atoms with Crippen LogP contribution in [0.2, 0.25) is 0 Å². The Morgan fingerprint density at radius 1 is 1.25 bits per heavy atom. The average molecular weight is 182 g/mol. The molecular weight excluding hydrogens is 168 g/mol. The van der Waals surface area contributed by atoms with Gasteiger partial charge in [0.2, 0.25) is 0 Å². The fourth-order valence-corrected chi connectivity index (χ4v) is 0.298. The minimum Gasteiger partial charge on any atom is -0.477 e. The van der Waals surface area contributed by atoms with Gasteiger partial charge >= 0.3 is 5.97 Å². The van der Waals surface area contributed by atoms with Crippen LogP contribution in [0.25, 0.3) is 0 Å². The molecule has 12 heavy (non-hydrogen) atoms. The van der Waals surface area contributed by atoms with Crippen molar-refractivity contribution in [2.45, 2.75) is 6.29 Å². The highest BCUT2D eigenvalue weighted by atomic mass is 16.7. The Morgan fingerprint density at radius 3 is 1.58 bits per heavy atom. The zero-order valence-corrected chi connectivity index (χ0v) is 7.06. The maximum absolute atomic E-state index is 9.91. The highest BCUT2D eigenvalue weighted by Crippen LogP contribution is 1.87. The summed E-state index contributed by atoms with van der Waals surface area (Å²) >= 11 is 0. The molecule has 0 aromatic heterocycles. The molecule has 0 aliphatic carbocycles. The van der Waals surface area contributed by atoms with Crippen molar-refractivity contribution in [3.63, 3.8) is 0 Å². The minimum atomic E-state index is -1.13. The van der Waals surface area contributed by atoms with Crippen molar-refractivity contribution in [1.82, 2.24) is 0 Å². The number of aliphatic hydroxyl groups excluding tert-OH is 2. The van der Waals surface area contributed by atoms with Crippen LogP contribution in [0.4, 0.5) is 0 Å². The zero-order chi connectivity index (χ0) is 9.98. The third-order valence-corrected chi connectivity index (χ3v) is 0.730. The van der Waals surface area contributed by atoms with Crippen LogP contribution in [0.15, 0.2) is 0 Å². The first-order valence-electron chi connectivity index (χ1n) is 3.14. The van der Waals surface area contributed by atoms with Crippen molar-refractivity contribution >= 4 is 5.97 Å². The Hall–Kier alpha value is -0.690. The van der Waals surface area contributed by atoms with Crippen molar-refractivity contribution in [3.8, 4) is 0 Å². The lowest BCUT2D eigenvalue weighted by Gasteiger charge is -2.05. The SMILES string of the molecule is COC(OC)C(=O)O.OCCO. The summed E-state index contributed by atoms with van der Waals surface area (Å²) in [6.07, 6.45) is -1.13. The molecule has 0 fully saturated rings. The van der Waals surface area contributed by atoms with E-state index in [9.17, 15) is 4.79 Å². The molecule has 0 amide bonds. The molecule has 0 saturated heterocycles. The Morgan fingerprint density at radius 2 is 1.58 bits per heavy atom. The van der Waals surface area contributed by atoms with Gasteiger partial charge < -0.3 is 24.8 Å². The van der Waals surface area contributed by atoms with Gasteiger partial charge in [-0.3, -0.25) is 0 Å². The molecule has 0 spiro atoms. The van der Waals surface area contributed by atoms with E-state index in [1.165, 1.54) is 14.2 Å². The van der Waals surface area contributed by atoms with Crippen LogP contribution >= 0.6 is 0 Å². The molecule has 0 saturated carbocycles. The topological polar surface area (TPSA) is 96.2 Å². The van der Waals surface area contributed by atoms with Crippen molar-refractivity contribution in [2.75, 3.05) is 27.4 Å². The molecule has 0 bridgehead atoms. The third-order valence-electron chi connectivity index (χ3n) is 0.730. The Kier molecular flexibility index (Phi) is 11.9. The van der Waals surface area contributed by atoms with Crippen LogP contribution in [-0.2, 0) is 14.3 Å².